The molecule has 0 atom stereocenters. The topological polar surface area (TPSA) is 9.23 Å². The van der Waals surface area contributed by atoms with Gasteiger partial charge in [0.15, 0.2) is 0 Å². The predicted molar refractivity (Wildman–Crippen MR) is 75.1 cm³/mol. The normalized spacial score (nSPS) is 10.6. The van der Waals surface area contributed by atoms with E-state index in [0.717, 1.165) is 10.2 Å². The average Bonchev–Trinajstić information content (AvgIpc) is 2.36. The number of halogens is 1. The molecule has 0 heterocycles. The lowest BCUT2D eigenvalue weighted by atomic mass is 10.2. The third kappa shape index (κ3) is 4.08. The van der Waals surface area contributed by atoms with Gasteiger partial charge in [0, 0.05) is 4.47 Å². The summed E-state index contributed by atoms with van der Waals surface area (Å²) in [5, 5.41) is 0. The van der Waals surface area contributed by atoms with Crippen LogP contribution in [0.4, 0.5) is 0 Å². The second kappa shape index (κ2) is 6.26. The number of benzene rings is 2. The first-order valence-electron chi connectivity index (χ1n) is 5.44. The second-order valence-electron chi connectivity index (χ2n) is 3.58. The summed E-state index contributed by atoms with van der Waals surface area (Å²) in [6.45, 7) is 0.575. The fourth-order valence-electron chi connectivity index (χ4n) is 1.45. The lowest BCUT2D eigenvalue weighted by Crippen LogP contribution is -1.92. The Bertz CT molecular complexity index is 491. The molecule has 0 saturated carbocycles. The van der Waals surface area contributed by atoms with Crippen LogP contribution < -0.4 is 4.74 Å². The van der Waals surface area contributed by atoms with Crippen LogP contribution in [0.5, 0.6) is 5.75 Å². The maximum atomic E-state index is 5.59. The van der Waals surface area contributed by atoms with Crippen molar-refractivity contribution in [1.29, 1.82) is 0 Å². The van der Waals surface area contributed by atoms with Crippen LogP contribution in [0.15, 0.2) is 65.1 Å². The number of ether oxygens (including phenoxy) is 1. The molecular formula is C15H13BrO. The van der Waals surface area contributed by atoms with Gasteiger partial charge in [-0.3, -0.25) is 0 Å². The largest absolute Gasteiger partial charge is 0.489 e. The monoisotopic (exact) mass is 288 g/mol. The molecule has 0 unspecified atom stereocenters. The zero-order valence-electron chi connectivity index (χ0n) is 9.34. The molecule has 2 aromatic rings. The SMILES string of the molecule is Brc1cccc(OC/C=C/c2ccccc2)c1. The van der Waals surface area contributed by atoms with E-state index >= 15 is 0 Å². The van der Waals surface area contributed by atoms with E-state index in [2.05, 4.69) is 34.1 Å². The van der Waals surface area contributed by atoms with Crippen molar-refractivity contribution < 1.29 is 4.74 Å². The highest BCUT2D eigenvalue weighted by molar-refractivity contribution is 9.10. The van der Waals surface area contributed by atoms with Crippen LogP contribution in [0.25, 0.3) is 6.08 Å². The summed E-state index contributed by atoms with van der Waals surface area (Å²) in [5.74, 6) is 0.872. The van der Waals surface area contributed by atoms with E-state index in [-0.39, 0.29) is 0 Å². The van der Waals surface area contributed by atoms with Gasteiger partial charge in [-0.05, 0) is 29.8 Å². The molecule has 0 fully saturated rings. The Labute approximate surface area is 110 Å². The van der Waals surface area contributed by atoms with Crippen LogP contribution in [0.2, 0.25) is 0 Å². The van der Waals surface area contributed by atoms with Crippen molar-refractivity contribution in [3.8, 4) is 5.75 Å². The molecule has 0 aliphatic heterocycles. The van der Waals surface area contributed by atoms with E-state index in [1.54, 1.807) is 0 Å². The van der Waals surface area contributed by atoms with Crippen molar-refractivity contribution in [3.05, 3.63) is 70.7 Å². The molecule has 0 aromatic heterocycles. The van der Waals surface area contributed by atoms with Crippen molar-refractivity contribution in [2.75, 3.05) is 6.61 Å². The second-order valence-corrected chi connectivity index (χ2v) is 4.50. The molecule has 0 spiro atoms. The molecule has 0 radical (unpaired) electrons. The highest BCUT2D eigenvalue weighted by atomic mass is 79.9. The first kappa shape index (κ1) is 11.9. The standard InChI is InChI=1S/C15H13BrO/c16-14-9-4-10-15(12-14)17-11-5-8-13-6-2-1-3-7-13/h1-10,12H,11H2/b8-5+. The molecule has 0 aliphatic rings. The van der Waals surface area contributed by atoms with E-state index in [1.165, 1.54) is 5.56 Å². The summed E-state index contributed by atoms with van der Waals surface area (Å²) in [7, 11) is 0. The van der Waals surface area contributed by atoms with Gasteiger partial charge in [-0.1, -0.05) is 58.4 Å². The first-order chi connectivity index (χ1) is 8.34. The highest BCUT2D eigenvalue weighted by Crippen LogP contribution is 2.17. The van der Waals surface area contributed by atoms with Gasteiger partial charge in [-0.15, -0.1) is 0 Å². The van der Waals surface area contributed by atoms with Gasteiger partial charge in [-0.25, -0.2) is 0 Å². The first-order valence-corrected chi connectivity index (χ1v) is 6.24. The van der Waals surface area contributed by atoms with Crippen LogP contribution in [0, 0.1) is 0 Å². The lowest BCUT2D eigenvalue weighted by Gasteiger charge is -2.02. The van der Waals surface area contributed by atoms with Gasteiger partial charge in [0.2, 0.25) is 0 Å². The van der Waals surface area contributed by atoms with Crippen LogP contribution >= 0.6 is 15.9 Å². The van der Waals surface area contributed by atoms with E-state index in [9.17, 15) is 0 Å². The van der Waals surface area contributed by atoms with Gasteiger partial charge >= 0.3 is 0 Å². The van der Waals surface area contributed by atoms with Crippen LogP contribution in [0.1, 0.15) is 5.56 Å². The molecule has 17 heavy (non-hydrogen) atoms. The average molecular weight is 289 g/mol. The van der Waals surface area contributed by atoms with Crippen LogP contribution in [0.3, 0.4) is 0 Å². The van der Waals surface area contributed by atoms with Crippen LogP contribution in [-0.2, 0) is 0 Å². The molecule has 0 bridgehead atoms. The van der Waals surface area contributed by atoms with Gasteiger partial charge in [0.25, 0.3) is 0 Å². The number of rotatable bonds is 4. The maximum Gasteiger partial charge on any atom is 0.120 e. The molecule has 0 saturated heterocycles. The van der Waals surface area contributed by atoms with Crippen molar-refractivity contribution in [2.24, 2.45) is 0 Å². The van der Waals surface area contributed by atoms with E-state index in [1.807, 2.05) is 48.5 Å². The third-order valence-corrected chi connectivity index (χ3v) is 2.75. The summed E-state index contributed by atoms with van der Waals surface area (Å²) in [6.07, 6.45) is 4.06. The Kier molecular flexibility index (Phi) is 4.39. The Hall–Kier alpha value is -1.54. The van der Waals surface area contributed by atoms with Crippen LogP contribution in [-0.4, -0.2) is 6.61 Å². The smallest absolute Gasteiger partial charge is 0.120 e. The Balaban J connectivity index is 1.86. The maximum absolute atomic E-state index is 5.59. The summed E-state index contributed by atoms with van der Waals surface area (Å²) < 4.78 is 6.62. The molecular weight excluding hydrogens is 276 g/mol. The minimum Gasteiger partial charge on any atom is -0.489 e. The van der Waals surface area contributed by atoms with Gasteiger partial charge in [0.05, 0.1) is 0 Å². The fourth-order valence-corrected chi connectivity index (χ4v) is 1.83. The molecule has 1 nitrogen and oxygen atoms in total. The molecule has 2 heteroatoms. The van der Waals surface area contributed by atoms with Crippen molar-refractivity contribution in [3.63, 3.8) is 0 Å². The summed E-state index contributed by atoms with van der Waals surface area (Å²) in [6, 6.07) is 18.0. The molecule has 0 N–H and O–H groups in total. The highest BCUT2D eigenvalue weighted by Gasteiger charge is 1.92. The predicted octanol–water partition coefficient (Wildman–Crippen LogP) is 4.54. The molecule has 2 aromatic carbocycles. The van der Waals surface area contributed by atoms with Gasteiger partial charge in [-0.2, -0.15) is 0 Å². The summed E-state index contributed by atoms with van der Waals surface area (Å²) in [4.78, 5) is 0. The molecule has 86 valence electrons. The third-order valence-electron chi connectivity index (χ3n) is 2.25. The van der Waals surface area contributed by atoms with Gasteiger partial charge < -0.3 is 4.74 Å². The summed E-state index contributed by atoms with van der Waals surface area (Å²) >= 11 is 3.41. The quantitative estimate of drug-likeness (QED) is 0.802. The Morgan fingerprint density at radius 1 is 1.00 bits per heavy atom. The van der Waals surface area contributed by atoms with E-state index < -0.39 is 0 Å². The zero-order chi connectivity index (χ0) is 11.9. The minimum atomic E-state index is 0.575. The van der Waals surface area contributed by atoms with Gasteiger partial charge in [0.1, 0.15) is 12.4 Å². The van der Waals surface area contributed by atoms with E-state index in [4.69, 9.17) is 4.74 Å². The number of hydrogen-bond donors (Lipinski definition) is 0. The molecule has 0 aliphatic carbocycles. The Morgan fingerprint density at radius 3 is 2.59 bits per heavy atom. The lowest BCUT2D eigenvalue weighted by molar-refractivity contribution is 0.363. The molecule has 0 amide bonds. The Morgan fingerprint density at radius 2 is 1.82 bits per heavy atom. The van der Waals surface area contributed by atoms with Crippen molar-refractivity contribution >= 4 is 22.0 Å². The fraction of sp³-hybridized carbons (Fsp3) is 0.0667. The molecule has 2 rings (SSSR count). The minimum absolute atomic E-state index is 0.575. The van der Waals surface area contributed by atoms with E-state index in [0.29, 0.717) is 6.61 Å². The summed E-state index contributed by atoms with van der Waals surface area (Å²) in [5.41, 5.74) is 1.19. The van der Waals surface area contributed by atoms with Crippen molar-refractivity contribution in [2.45, 2.75) is 0 Å². The van der Waals surface area contributed by atoms with Crippen molar-refractivity contribution in [1.82, 2.24) is 0 Å². The number of hydrogen-bond acceptors (Lipinski definition) is 1. The zero-order valence-corrected chi connectivity index (χ0v) is 10.9.